The number of rotatable bonds is 5. The fourth-order valence-electron chi connectivity index (χ4n) is 4.01. The van der Waals surface area contributed by atoms with Crippen molar-refractivity contribution >= 4 is 40.0 Å². The Bertz CT molecular complexity index is 1380. The number of aromatic nitrogens is 2. The van der Waals surface area contributed by atoms with Gasteiger partial charge < -0.3 is 15.5 Å². The third-order valence-electron chi connectivity index (χ3n) is 5.69. The van der Waals surface area contributed by atoms with Crippen molar-refractivity contribution in [1.29, 1.82) is 0 Å². The lowest BCUT2D eigenvalue weighted by Crippen LogP contribution is -2.19. The number of hydrogen-bond donors (Lipinski definition) is 2. The summed E-state index contributed by atoms with van der Waals surface area (Å²) >= 11 is 0. The summed E-state index contributed by atoms with van der Waals surface area (Å²) in [5.74, 6) is 0.188. The van der Waals surface area contributed by atoms with Gasteiger partial charge in [-0.15, -0.1) is 0 Å². The van der Waals surface area contributed by atoms with E-state index in [1.54, 1.807) is 54.7 Å². The van der Waals surface area contributed by atoms with Crippen LogP contribution in [0, 0.1) is 5.82 Å². The van der Waals surface area contributed by atoms with Crippen molar-refractivity contribution in [3.63, 3.8) is 0 Å². The molecule has 0 saturated carbocycles. The summed E-state index contributed by atoms with van der Waals surface area (Å²) in [6, 6.07) is 17.0. The molecule has 170 valence electrons. The highest BCUT2D eigenvalue weighted by molar-refractivity contribution is 6.11. The van der Waals surface area contributed by atoms with E-state index in [2.05, 4.69) is 20.5 Å². The summed E-state index contributed by atoms with van der Waals surface area (Å²) in [5.41, 5.74) is 3.07. The van der Waals surface area contributed by atoms with Gasteiger partial charge in [-0.3, -0.25) is 9.78 Å². The Kier molecular flexibility index (Phi) is 5.86. The number of nitrogens with zero attached hydrogens (tertiary/aromatic N) is 3. The zero-order chi connectivity index (χ0) is 23.5. The summed E-state index contributed by atoms with van der Waals surface area (Å²) in [7, 11) is 0. The van der Waals surface area contributed by atoms with E-state index in [4.69, 9.17) is 4.98 Å². The van der Waals surface area contributed by atoms with Gasteiger partial charge >= 0.3 is 6.03 Å². The molecular weight excluding hydrogens is 433 g/mol. The minimum absolute atomic E-state index is 0.190. The zero-order valence-electron chi connectivity index (χ0n) is 18.3. The Morgan fingerprint density at radius 3 is 2.29 bits per heavy atom. The number of halogens is 1. The lowest BCUT2D eigenvalue weighted by Gasteiger charge is -2.16. The molecule has 1 aliphatic heterocycles. The highest BCUT2D eigenvalue weighted by Gasteiger charge is 2.16. The van der Waals surface area contributed by atoms with Gasteiger partial charge in [-0.2, -0.15) is 0 Å². The molecule has 2 N–H and O–H groups in total. The summed E-state index contributed by atoms with van der Waals surface area (Å²) < 4.78 is 13.3. The minimum atomic E-state index is -0.536. The van der Waals surface area contributed by atoms with Gasteiger partial charge in [-0.05, 0) is 61.4 Å². The van der Waals surface area contributed by atoms with Gasteiger partial charge in [0.05, 0.1) is 17.2 Å². The fourth-order valence-corrected chi connectivity index (χ4v) is 4.01. The number of urea groups is 1. The van der Waals surface area contributed by atoms with Crippen LogP contribution in [0.5, 0.6) is 0 Å². The fraction of sp³-hybridized carbons (Fsp3) is 0.154. The number of nitrogens with one attached hydrogen (secondary N) is 2. The lowest BCUT2D eigenvalue weighted by atomic mass is 10.0. The van der Waals surface area contributed by atoms with Gasteiger partial charge in [0.2, 0.25) is 0 Å². The van der Waals surface area contributed by atoms with Crippen LogP contribution in [-0.4, -0.2) is 34.9 Å². The third kappa shape index (κ3) is 4.71. The van der Waals surface area contributed by atoms with Gasteiger partial charge in [0.1, 0.15) is 11.6 Å². The van der Waals surface area contributed by atoms with Crippen LogP contribution in [0.1, 0.15) is 28.8 Å². The second-order valence-corrected chi connectivity index (χ2v) is 8.13. The Balaban J connectivity index is 1.34. The van der Waals surface area contributed by atoms with Crippen molar-refractivity contribution in [2.45, 2.75) is 12.8 Å². The Morgan fingerprint density at radius 2 is 1.53 bits per heavy atom. The molecule has 4 aromatic rings. The second kappa shape index (κ2) is 9.27. The maximum atomic E-state index is 13.3. The van der Waals surface area contributed by atoms with Crippen molar-refractivity contribution in [2.75, 3.05) is 28.6 Å². The molecule has 3 aromatic carbocycles. The monoisotopic (exact) mass is 455 g/mol. The van der Waals surface area contributed by atoms with Crippen LogP contribution < -0.4 is 15.5 Å². The smallest absolute Gasteiger partial charge is 0.323 e. The minimum Gasteiger partial charge on any atom is -0.355 e. The normalized spacial score (nSPS) is 13.1. The predicted octanol–water partition coefficient (Wildman–Crippen LogP) is 5.24. The molecule has 2 amide bonds. The first-order valence-electron chi connectivity index (χ1n) is 11.1. The van der Waals surface area contributed by atoms with Crippen molar-refractivity contribution < 1.29 is 14.0 Å². The topological polar surface area (TPSA) is 87.2 Å². The van der Waals surface area contributed by atoms with Crippen LogP contribution in [0.15, 0.2) is 72.9 Å². The average molecular weight is 455 g/mol. The van der Waals surface area contributed by atoms with E-state index in [1.807, 2.05) is 0 Å². The zero-order valence-corrected chi connectivity index (χ0v) is 18.3. The molecule has 1 aromatic heterocycles. The van der Waals surface area contributed by atoms with Gasteiger partial charge in [0, 0.05) is 35.6 Å². The molecule has 5 rings (SSSR count). The summed E-state index contributed by atoms with van der Waals surface area (Å²) in [6.07, 6.45) is 4.06. The van der Waals surface area contributed by atoms with Gasteiger partial charge in [-0.25, -0.2) is 14.2 Å². The maximum absolute atomic E-state index is 13.3. The molecule has 0 spiro atoms. The lowest BCUT2D eigenvalue weighted by molar-refractivity contribution is 0.103. The van der Waals surface area contributed by atoms with Crippen LogP contribution in [-0.2, 0) is 0 Å². The number of carbonyl (C=O) groups is 2. The van der Waals surface area contributed by atoms with Crippen molar-refractivity contribution in [3.8, 4) is 0 Å². The highest BCUT2D eigenvalue weighted by atomic mass is 19.1. The molecular formula is C26H22FN5O2. The number of benzene rings is 3. The van der Waals surface area contributed by atoms with E-state index in [-0.39, 0.29) is 5.78 Å². The van der Waals surface area contributed by atoms with E-state index in [1.165, 1.54) is 18.2 Å². The number of carbonyl (C=O) groups excluding carboxylic acids is 2. The number of anilines is 3. The van der Waals surface area contributed by atoms with Gasteiger partial charge in [0.15, 0.2) is 5.78 Å². The van der Waals surface area contributed by atoms with E-state index in [0.717, 1.165) is 37.3 Å². The predicted molar refractivity (Wildman–Crippen MR) is 130 cm³/mol. The third-order valence-corrected chi connectivity index (χ3v) is 5.69. The number of hydrogen-bond acceptors (Lipinski definition) is 5. The molecule has 0 radical (unpaired) electrons. The van der Waals surface area contributed by atoms with Gasteiger partial charge in [0.25, 0.3) is 0 Å². The second-order valence-electron chi connectivity index (χ2n) is 8.13. The number of amides is 2. The number of ketones is 1. The average Bonchev–Trinajstić information content (AvgIpc) is 3.38. The van der Waals surface area contributed by atoms with E-state index < -0.39 is 11.8 Å². The molecule has 0 atom stereocenters. The van der Waals surface area contributed by atoms with Crippen LogP contribution in [0.4, 0.5) is 26.4 Å². The molecule has 1 aliphatic rings. The Labute approximate surface area is 195 Å². The Hall–Kier alpha value is -4.33. The standard InChI is InChI=1S/C26H22FN5O2/c27-19-6-4-8-21(15-19)30-26(34)29-20-7-3-5-17(13-20)25(33)18-9-10-22-23(14-18)31-24(16-28-22)32-11-1-2-12-32/h3-10,13-16H,1-2,11-12H2,(H2,29,30,34). The van der Waals surface area contributed by atoms with Crippen molar-refractivity contribution in [2.24, 2.45) is 0 Å². The highest BCUT2D eigenvalue weighted by Crippen LogP contribution is 2.22. The Morgan fingerprint density at radius 1 is 0.824 bits per heavy atom. The SMILES string of the molecule is O=C(Nc1cccc(F)c1)Nc1cccc(C(=O)c2ccc3ncc(N4CCCC4)nc3c2)c1. The largest absolute Gasteiger partial charge is 0.355 e. The summed E-state index contributed by atoms with van der Waals surface area (Å²) in [4.78, 5) is 36.9. The molecule has 7 nitrogen and oxygen atoms in total. The molecule has 1 saturated heterocycles. The molecule has 8 heteroatoms. The molecule has 34 heavy (non-hydrogen) atoms. The quantitative estimate of drug-likeness (QED) is 0.402. The maximum Gasteiger partial charge on any atom is 0.323 e. The van der Waals surface area contributed by atoms with Crippen LogP contribution in [0.2, 0.25) is 0 Å². The first kappa shape index (κ1) is 21.5. The summed E-state index contributed by atoms with van der Waals surface area (Å²) in [5, 5.41) is 5.24. The van der Waals surface area contributed by atoms with Crippen LogP contribution in [0.3, 0.4) is 0 Å². The molecule has 0 unspecified atom stereocenters. The van der Waals surface area contributed by atoms with Crippen LogP contribution in [0.25, 0.3) is 11.0 Å². The molecule has 0 aliphatic carbocycles. The first-order chi connectivity index (χ1) is 16.5. The summed E-state index contributed by atoms with van der Waals surface area (Å²) in [6.45, 7) is 1.93. The van der Waals surface area contributed by atoms with E-state index >= 15 is 0 Å². The molecule has 1 fully saturated rings. The van der Waals surface area contributed by atoms with Gasteiger partial charge in [-0.1, -0.05) is 18.2 Å². The molecule has 2 heterocycles. The number of fused-ring (bicyclic) bond motifs is 1. The van der Waals surface area contributed by atoms with Crippen molar-refractivity contribution in [1.82, 2.24) is 9.97 Å². The van der Waals surface area contributed by atoms with E-state index in [9.17, 15) is 14.0 Å². The first-order valence-corrected chi connectivity index (χ1v) is 11.1. The van der Waals surface area contributed by atoms with E-state index in [0.29, 0.717) is 28.0 Å². The van der Waals surface area contributed by atoms with Crippen LogP contribution >= 0.6 is 0 Å². The van der Waals surface area contributed by atoms with Crippen molar-refractivity contribution in [3.05, 3.63) is 89.9 Å². The molecule has 0 bridgehead atoms.